The first-order valence-electron chi connectivity index (χ1n) is 9.94. The number of benzene rings is 2. The molecule has 6 nitrogen and oxygen atoms in total. The van der Waals surface area contributed by atoms with Gasteiger partial charge in [-0.3, -0.25) is 9.59 Å². The number of phenols is 1. The quantitative estimate of drug-likeness (QED) is 0.675. The Morgan fingerprint density at radius 2 is 1.86 bits per heavy atom. The van der Waals surface area contributed by atoms with Crippen LogP contribution >= 0.6 is 0 Å². The standard InChI is InChI=1S/C23H25N3O3/c1-14-7-4-5-8-16(14)20(27)10-9-17-18(23(29)26-11-6-12-26)13-19-21(22(17)28)24-15(2)25(19)3/h4-5,7-8,13,28H,6,9-12H2,1-3H3. The van der Waals surface area contributed by atoms with Gasteiger partial charge in [0.2, 0.25) is 0 Å². The second kappa shape index (κ2) is 7.35. The van der Waals surface area contributed by atoms with Gasteiger partial charge >= 0.3 is 0 Å². The lowest BCUT2D eigenvalue weighted by Gasteiger charge is -2.31. The molecule has 1 aliphatic rings. The van der Waals surface area contributed by atoms with Crippen LogP contribution in [0.5, 0.6) is 5.75 Å². The van der Waals surface area contributed by atoms with Crippen molar-refractivity contribution in [1.29, 1.82) is 0 Å². The van der Waals surface area contributed by atoms with Crippen LogP contribution in [0.25, 0.3) is 11.0 Å². The Balaban J connectivity index is 1.73. The Kier molecular flexibility index (Phi) is 4.86. The predicted molar refractivity (Wildman–Crippen MR) is 111 cm³/mol. The number of nitrogens with zero attached hydrogens (tertiary/aromatic N) is 3. The summed E-state index contributed by atoms with van der Waals surface area (Å²) in [6, 6.07) is 9.28. The second-order valence-electron chi connectivity index (χ2n) is 7.72. The van der Waals surface area contributed by atoms with E-state index in [4.69, 9.17) is 0 Å². The summed E-state index contributed by atoms with van der Waals surface area (Å²) in [4.78, 5) is 32.0. The van der Waals surface area contributed by atoms with Gasteiger partial charge in [-0.05, 0) is 38.3 Å². The van der Waals surface area contributed by atoms with Crippen LogP contribution in [-0.4, -0.2) is 44.3 Å². The third kappa shape index (κ3) is 3.28. The van der Waals surface area contributed by atoms with Gasteiger partial charge in [0.05, 0.1) is 5.52 Å². The van der Waals surface area contributed by atoms with E-state index < -0.39 is 0 Å². The molecule has 0 aliphatic carbocycles. The zero-order valence-corrected chi connectivity index (χ0v) is 17.0. The SMILES string of the molecule is Cc1ccccc1C(=O)CCc1c(C(=O)N2CCC2)cc2c(nc(C)n2C)c1O. The molecule has 2 heterocycles. The topological polar surface area (TPSA) is 75.4 Å². The number of ketones is 1. The minimum atomic E-state index is -0.0920. The van der Waals surface area contributed by atoms with Crippen molar-refractivity contribution in [2.45, 2.75) is 33.1 Å². The fourth-order valence-corrected chi connectivity index (χ4v) is 3.85. The molecule has 2 aromatic carbocycles. The number of aryl methyl sites for hydroxylation is 3. The molecule has 29 heavy (non-hydrogen) atoms. The van der Waals surface area contributed by atoms with Crippen molar-refractivity contribution in [3.8, 4) is 5.75 Å². The molecule has 1 N–H and O–H groups in total. The number of hydrogen-bond donors (Lipinski definition) is 1. The van der Waals surface area contributed by atoms with E-state index in [0.29, 0.717) is 28.6 Å². The maximum Gasteiger partial charge on any atom is 0.254 e. The number of aromatic nitrogens is 2. The van der Waals surface area contributed by atoms with Gasteiger partial charge in [0.25, 0.3) is 5.91 Å². The van der Waals surface area contributed by atoms with E-state index in [1.165, 1.54) is 0 Å². The molecule has 1 aliphatic heterocycles. The zero-order valence-electron chi connectivity index (χ0n) is 17.0. The van der Waals surface area contributed by atoms with Crippen molar-refractivity contribution < 1.29 is 14.7 Å². The normalized spacial score (nSPS) is 13.6. The van der Waals surface area contributed by atoms with Gasteiger partial charge in [0.15, 0.2) is 5.78 Å². The molecule has 1 aromatic heterocycles. The lowest BCUT2D eigenvalue weighted by Crippen LogP contribution is -2.42. The summed E-state index contributed by atoms with van der Waals surface area (Å²) < 4.78 is 1.87. The van der Waals surface area contributed by atoms with Gasteiger partial charge in [-0.15, -0.1) is 0 Å². The fourth-order valence-electron chi connectivity index (χ4n) is 3.85. The number of Topliss-reactive ketones (excluding diaryl/α,β-unsaturated/α-hetero) is 1. The van der Waals surface area contributed by atoms with E-state index >= 15 is 0 Å². The smallest absolute Gasteiger partial charge is 0.254 e. The van der Waals surface area contributed by atoms with Crippen LogP contribution in [0, 0.1) is 13.8 Å². The molecule has 0 bridgehead atoms. The van der Waals surface area contributed by atoms with E-state index in [-0.39, 0.29) is 23.9 Å². The number of amides is 1. The van der Waals surface area contributed by atoms with E-state index in [1.807, 2.05) is 55.8 Å². The van der Waals surface area contributed by atoms with Crippen molar-refractivity contribution >= 4 is 22.7 Å². The van der Waals surface area contributed by atoms with Gasteiger partial charge in [-0.2, -0.15) is 0 Å². The van der Waals surface area contributed by atoms with Crippen LogP contribution in [-0.2, 0) is 13.5 Å². The highest BCUT2D eigenvalue weighted by Gasteiger charge is 2.28. The number of phenolic OH excluding ortho intramolecular Hbond substituents is 1. The molecule has 4 rings (SSSR count). The Morgan fingerprint density at radius 3 is 2.52 bits per heavy atom. The summed E-state index contributed by atoms with van der Waals surface area (Å²) in [7, 11) is 1.86. The number of likely N-dealkylation sites (tertiary alicyclic amines) is 1. The van der Waals surface area contributed by atoms with Crippen molar-refractivity contribution in [2.75, 3.05) is 13.1 Å². The van der Waals surface area contributed by atoms with Gasteiger partial charge in [0, 0.05) is 43.2 Å². The summed E-state index contributed by atoms with van der Waals surface area (Å²) in [5.41, 5.74) is 3.78. The molecular weight excluding hydrogens is 366 g/mol. The predicted octanol–water partition coefficient (Wildman–Crippen LogP) is 3.56. The molecule has 1 fully saturated rings. The van der Waals surface area contributed by atoms with Gasteiger partial charge in [-0.25, -0.2) is 4.98 Å². The Bertz CT molecular complexity index is 1130. The largest absolute Gasteiger partial charge is 0.505 e. The van der Waals surface area contributed by atoms with Crippen LogP contribution in [0.15, 0.2) is 30.3 Å². The van der Waals surface area contributed by atoms with Crippen LogP contribution in [0.2, 0.25) is 0 Å². The summed E-state index contributed by atoms with van der Waals surface area (Å²) in [5, 5.41) is 11.0. The van der Waals surface area contributed by atoms with Crippen molar-refractivity contribution in [1.82, 2.24) is 14.5 Å². The van der Waals surface area contributed by atoms with Crippen LogP contribution < -0.4 is 0 Å². The van der Waals surface area contributed by atoms with E-state index in [1.54, 1.807) is 4.90 Å². The molecule has 3 aromatic rings. The first-order chi connectivity index (χ1) is 13.9. The zero-order chi connectivity index (χ0) is 20.7. The summed E-state index contributed by atoms with van der Waals surface area (Å²) in [6.07, 6.45) is 1.50. The average molecular weight is 391 g/mol. The van der Waals surface area contributed by atoms with Crippen molar-refractivity contribution in [3.05, 3.63) is 58.4 Å². The number of carbonyl (C=O) groups excluding carboxylic acids is 2. The molecule has 0 spiro atoms. The summed E-state index contributed by atoms with van der Waals surface area (Å²) in [6.45, 7) is 5.22. The number of hydrogen-bond acceptors (Lipinski definition) is 4. The Hall–Kier alpha value is -3.15. The summed E-state index contributed by atoms with van der Waals surface area (Å²) >= 11 is 0. The number of imidazole rings is 1. The van der Waals surface area contributed by atoms with Crippen LogP contribution in [0.1, 0.15) is 50.5 Å². The number of fused-ring (bicyclic) bond motifs is 1. The van der Waals surface area contributed by atoms with Crippen molar-refractivity contribution in [3.63, 3.8) is 0 Å². The Morgan fingerprint density at radius 1 is 1.14 bits per heavy atom. The molecule has 0 saturated carbocycles. The fraction of sp³-hybridized carbons (Fsp3) is 0.348. The van der Waals surface area contributed by atoms with Crippen LogP contribution in [0.4, 0.5) is 0 Å². The second-order valence-corrected chi connectivity index (χ2v) is 7.72. The third-order valence-corrected chi connectivity index (χ3v) is 5.90. The highest BCUT2D eigenvalue weighted by molar-refractivity contribution is 6.02. The first kappa shape index (κ1) is 19.2. The maximum absolute atomic E-state index is 13.0. The van der Waals surface area contributed by atoms with Crippen molar-refractivity contribution in [2.24, 2.45) is 7.05 Å². The summed E-state index contributed by atoms with van der Waals surface area (Å²) in [5.74, 6) is 0.672. The Labute approximate surface area is 169 Å². The van der Waals surface area contributed by atoms with E-state index in [2.05, 4.69) is 4.98 Å². The van der Waals surface area contributed by atoms with Gasteiger partial charge in [-0.1, -0.05) is 24.3 Å². The van der Waals surface area contributed by atoms with Gasteiger partial charge in [0.1, 0.15) is 17.1 Å². The van der Waals surface area contributed by atoms with E-state index in [0.717, 1.165) is 36.4 Å². The average Bonchev–Trinajstić information content (AvgIpc) is 2.94. The first-order valence-corrected chi connectivity index (χ1v) is 9.94. The molecule has 1 saturated heterocycles. The maximum atomic E-state index is 13.0. The third-order valence-electron chi connectivity index (χ3n) is 5.90. The molecule has 0 radical (unpaired) electrons. The molecular formula is C23H25N3O3. The highest BCUT2D eigenvalue weighted by atomic mass is 16.3. The number of carbonyl (C=O) groups is 2. The lowest BCUT2D eigenvalue weighted by molar-refractivity contribution is 0.0649. The molecule has 0 unspecified atom stereocenters. The molecule has 150 valence electrons. The monoisotopic (exact) mass is 391 g/mol. The lowest BCUT2D eigenvalue weighted by atomic mass is 9.94. The molecule has 6 heteroatoms. The van der Waals surface area contributed by atoms with E-state index in [9.17, 15) is 14.7 Å². The molecule has 0 atom stereocenters. The number of aromatic hydroxyl groups is 1. The number of rotatable bonds is 5. The highest BCUT2D eigenvalue weighted by Crippen LogP contribution is 2.34. The van der Waals surface area contributed by atoms with Crippen LogP contribution in [0.3, 0.4) is 0 Å². The minimum Gasteiger partial charge on any atom is -0.505 e. The van der Waals surface area contributed by atoms with Gasteiger partial charge < -0.3 is 14.6 Å². The minimum absolute atomic E-state index is 0.00199. The molecule has 1 amide bonds.